The van der Waals surface area contributed by atoms with Gasteiger partial charge < -0.3 is 5.32 Å². The summed E-state index contributed by atoms with van der Waals surface area (Å²) in [5, 5.41) is 13.4. The Labute approximate surface area is 154 Å². The van der Waals surface area contributed by atoms with Gasteiger partial charge in [0.05, 0.1) is 21.1 Å². The molecule has 1 heterocycles. The second-order valence-electron chi connectivity index (χ2n) is 5.38. The number of non-ortho nitro benzene ring substituents is 1. The molecular formula is C17H10F3N3O3S. The molecule has 1 N–H and O–H groups in total. The normalized spacial score (nSPS) is 17.4. The van der Waals surface area contributed by atoms with Gasteiger partial charge >= 0.3 is 6.18 Å². The van der Waals surface area contributed by atoms with E-state index in [9.17, 15) is 28.1 Å². The van der Waals surface area contributed by atoms with Crippen LogP contribution in [0.15, 0.2) is 58.4 Å². The van der Waals surface area contributed by atoms with Gasteiger partial charge in [0.1, 0.15) is 0 Å². The van der Waals surface area contributed by atoms with Crippen LogP contribution in [-0.4, -0.2) is 16.0 Å². The Bertz CT molecular complexity index is 987. The molecule has 0 aromatic heterocycles. The highest BCUT2D eigenvalue weighted by molar-refractivity contribution is 8.18. The molecule has 3 rings (SSSR count). The number of nitrogens with one attached hydrogen (secondary N) is 1. The van der Waals surface area contributed by atoms with Crippen molar-refractivity contribution < 1.29 is 22.9 Å². The van der Waals surface area contributed by atoms with E-state index >= 15 is 0 Å². The van der Waals surface area contributed by atoms with Crippen LogP contribution in [0.25, 0.3) is 6.08 Å². The van der Waals surface area contributed by atoms with Gasteiger partial charge in [0, 0.05) is 12.1 Å². The maximum atomic E-state index is 12.8. The molecule has 1 saturated heterocycles. The van der Waals surface area contributed by atoms with Gasteiger partial charge in [-0.2, -0.15) is 13.2 Å². The quantitative estimate of drug-likeness (QED) is 0.473. The number of rotatable bonds is 3. The van der Waals surface area contributed by atoms with Crippen LogP contribution in [0, 0.1) is 10.1 Å². The predicted molar refractivity (Wildman–Crippen MR) is 95.3 cm³/mol. The highest BCUT2D eigenvalue weighted by Gasteiger charge is 2.30. The predicted octanol–water partition coefficient (Wildman–Crippen LogP) is 4.51. The van der Waals surface area contributed by atoms with E-state index in [0.29, 0.717) is 5.56 Å². The highest BCUT2D eigenvalue weighted by Crippen LogP contribution is 2.33. The SMILES string of the molecule is O=C1NC(=Nc2cccc(C(F)(F)F)c2)S/C1=C/c1cccc([N+](=O)[O-])c1. The van der Waals surface area contributed by atoms with E-state index in [1.54, 1.807) is 6.07 Å². The molecule has 0 atom stereocenters. The Hall–Kier alpha value is -3.14. The lowest BCUT2D eigenvalue weighted by atomic mass is 10.2. The summed E-state index contributed by atoms with van der Waals surface area (Å²) in [5.74, 6) is -0.489. The maximum Gasteiger partial charge on any atom is 0.416 e. The molecule has 1 fully saturated rings. The average molecular weight is 393 g/mol. The third-order valence-electron chi connectivity index (χ3n) is 3.43. The zero-order valence-electron chi connectivity index (χ0n) is 13.4. The van der Waals surface area contributed by atoms with Gasteiger partial charge in [0.25, 0.3) is 11.6 Å². The fraction of sp³-hybridized carbons (Fsp3) is 0.0588. The maximum absolute atomic E-state index is 12.8. The van der Waals surface area contributed by atoms with Crippen LogP contribution in [0.2, 0.25) is 0 Å². The molecule has 1 aliphatic heterocycles. The Balaban J connectivity index is 1.84. The standard InChI is InChI=1S/C17H10F3N3O3S/c18-17(19,20)11-4-2-5-12(9-11)21-16-22-15(24)14(27-16)8-10-3-1-6-13(7-10)23(25)26/h1-9H,(H,21,22,24)/b14-8+. The molecule has 1 amide bonds. The number of aliphatic imine (C=N–C) groups is 1. The minimum atomic E-state index is -4.49. The molecule has 0 unspecified atom stereocenters. The van der Waals surface area contributed by atoms with Crippen LogP contribution in [0.3, 0.4) is 0 Å². The van der Waals surface area contributed by atoms with E-state index in [4.69, 9.17) is 0 Å². The van der Waals surface area contributed by atoms with E-state index in [-0.39, 0.29) is 21.4 Å². The topological polar surface area (TPSA) is 84.6 Å². The highest BCUT2D eigenvalue weighted by atomic mass is 32.2. The van der Waals surface area contributed by atoms with Crippen molar-refractivity contribution in [1.82, 2.24) is 5.32 Å². The van der Waals surface area contributed by atoms with Crippen molar-refractivity contribution in [1.29, 1.82) is 0 Å². The van der Waals surface area contributed by atoms with Crippen LogP contribution in [-0.2, 0) is 11.0 Å². The molecule has 27 heavy (non-hydrogen) atoms. The molecular weight excluding hydrogens is 383 g/mol. The van der Waals surface area contributed by atoms with Crippen molar-refractivity contribution in [3.05, 3.63) is 74.7 Å². The number of hydrogen-bond donors (Lipinski definition) is 1. The summed E-state index contributed by atoms with van der Waals surface area (Å²) >= 11 is 0.935. The number of halogens is 3. The number of amidine groups is 1. The first-order valence-electron chi connectivity index (χ1n) is 7.44. The molecule has 6 nitrogen and oxygen atoms in total. The first-order valence-corrected chi connectivity index (χ1v) is 8.25. The second kappa shape index (κ2) is 7.23. The molecule has 0 spiro atoms. The first kappa shape index (κ1) is 18.6. The monoisotopic (exact) mass is 393 g/mol. The number of carbonyl (C=O) groups is 1. The van der Waals surface area contributed by atoms with Crippen molar-refractivity contribution in [2.45, 2.75) is 6.18 Å². The van der Waals surface area contributed by atoms with Crippen molar-refractivity contribution in [2.75, 3.05) is 0 Å². The molecule has 0 radical (unpaired) electrons. The summed E-state index contributed by atoms with van der Waals surface area (Å²) in [6.45, 7) is 0. The van der Waals surface area contributed by atoms with Gasteiger partial charge in [-0.15, -0.1) is 0 Å². The van der Waals surface area contributed by atoms with Gasteiger partial charge in [0.2, 0.25) is 0 Å². The third kappa shape index (κ3) is 4.53. The minimum absolute atomic E-state index is 0.0456. The molecule has 10 heteroatoms. The van der Waals surface area contributed by atoms with E-state index in [1.165, 1.54) is 36.4 Å². The lowest BCUT2D eigenvalue weighted by Gasteiger charge is -2.06. The molecule has 0 bridgehead atoms. The number of nitro benzene ring substituents is 1. The van der Waals surface area contributed by atoms with Crippen LogP contribution >= 0.6 is 11.8 Å². The summed E-state index contributed by atoms with van der Waals surface area (Å²) in [5.41, 5.74) is -0.469. The van der Waals surface area contributed by atoms with Gasteiger partial charge in [-0.3, -0.25) is 14.9 Å². The number of hydrogen-bond acceptors (Lipinski definition) is 5. The average Bonchev–Trinajstić information content (AvgIpc) is 2.93. The molecule has 1 aliphatic rings. The molecule has 0 saturated carbocycles. The minimum Gasteiger partial charge on any atom is -0.300 e. The summed E-state index contributed by atoms with van der Waals surface area (Å²) in [6, 6.07) is 10.1. The van der Waals surface area contributed by atoms with E-state index in [1.807, 2.05) is 0 Å². The van der Waals surface area contributed by atoms with Gasteiger partial charge in [-0.05, 0) is 41.6 Å². The summed E-state index contributed by atoms with van der Waals surface area (Å²) < 4.78 is 38.3. The number of benzene rings is 2. The molecule has 2 aromatic carbocycles. The van der Waals surface area contributed by atoms with Crippen molar-refractivity contribution in [2.24, 2.45) is 4.99 Å². The van der Waals surface area contributed by atoms with Crippen LogP contribution < -0.4 is 5.32 Å². The molecule has 138 valence electrons. The Kier molecular flexibility index (Phi) is 5.00. The van der Waals surface area contributed by atoms with Gasteiger partial charge in [-0.1, -0.05) is 18.2 Å². The van der Waals surface area contributed by atoms with Crippen molar-refractivity contribution in [3.63, 3.8) is 0 Å². The Morgan fingerprint density at radius 1 is 1.15 bits per heavy atom. The third-order valence-corrected chi connectivity index (χ3v) is 4.34. The summed E-state index contributed by atoms with van der Waals surface area (Å²) in [7, 11) is 0. The molecule has 2 aromatic rings. The number of amides is 1. The lowest BCUT2D eigenvalue weighted by Crippen LogP contribution is -2.19. The number of carbonyl (C=O) groups excluding carboxylic acids is 1. The zero-order chi connectivity index (χ0) is 19.6. The number of alkyl halides is 3. The first-order chi connectivity index (χ1) is 12.7. The van der Waals surface area contributed by atoms with Gasteiger partial charge in [-0.25, -0.2) is 4.99 Å². The lowest BCUT2D eigenvalue weighted by molar-refractivity contribution is -0.384. The number of nitro groups is 1. The number of thioether (sulfide) groups is 1. The number of nitrogens with zero attached hydrogens (tertiary/aromatic N) is 2. The fourth-order valence-corrected chi connectivity index (χ4v) is 3.07. The summed E-state index contributed by atoms with van der Waals surface area (Å²) in [6.07, 6.45) is -3.04. The zero-order valence-corrected chi connectivity index (χ0v) is 14.2. The Morgan fingerprint density at radius 3 is 2.59 bits per heavy atom. The van der Waals surface area contributed by atoms with Crippen LogP contribution in [0.4, 0.5) is 24.5 Å². The van der Waals surface area contributed by atoms with E-state index < -0.39 is 22.6 Å². The Morgan fingerprint density at radius 2 is 1.89 bits per heavy atom. The largest absolute Gasteiger partial charge is 0.416 e. The smallest absolute Gasteiger partial charge is 0.300 e. The van der Waals surface area contributed by atoms with Crippen molar-refractivity contribution in [3.8, 4) is 0 Å². The second-order valence-corrected chi connectivity index (χ2v) is 6.41. The van der Waals surface area contributed by atoms with Crippen LogP contribution in [0.5, 0.6) is 0 Å². The van der Waals surface area contributed by atoms with E-state index in [0.717, 1.165) is 23.9 Å². The van der Waals surface area contributed by atoms with Gasteiger partial charge in [0.15, 0.2) is 5.17 Å². The fourth-order valence-electron chi connectivity index (χ4n) is 2.23. The molecule has 0 aliphatic carbocycles. The van der Waals surface area contributed by atoms with Crippen LogP contribution in [0.1, 0.15) is 11.1 Å². The summed E-state index contributed by atoms with van der Waals surface area (Å²) in [4.78, 5) is 26.5. The van der Waals surface area contributed by atoms with Crippen molar-refractivity contribution >= 4 is 40.3 Å². The van der Waals surface area contributed by atoms with E-state index in [2.05, 4.69) is 10.3 Å².